The van der Waals surface area contributed by atoms with E-state index in [1.165, 1.54) is 72.4 Å². The molecule has 5 N–H and O–H groups in total. The van der Waals surface area contributed by atoms with Crippen molar-refractivity contribution in [2.24, 2.45) is 5.92 Å². The fraction of sp³-hybridized carbons (Fsp3) is 0.450. The van der Waals surface area contributed by atoms with Crippen LogP contribution in [0.4, 0.5) is 16.2 Å². The number of rotatable bonds is 7. The Balaban J connectivity index is 1.80. The maximum atomic E-state index is 14.1. The number of halogens is 1. The van der Waals surface area contributed by atoms with Crippen LogP contribution in [-0.4, -0.2) is 104 Å². The zero-order valence-corrected chi connectivity index (χ0v) is 33.8. The van der Waals surface area contributed by atoms with E-state index in [0.717, 1.165) is 16.0 Å². The summed E-state index contributed by atoms with van der Waals surface area (Å²) in [6.45, 7) is 6.39. The number of fused-ring (bicyclic) bond motifs is 4. The van der Waals surface area contributed by atoms with Crippen LogP contribution in [-0.2, 0) is 30.2 Å². The fourth-order valence-corrected chi connectivity index (χ4v) is 6.83. The van der Waals surface area contributed by atoms with E-state index in [2.05, 4.69) is 5.32 Å². The molecule has 0 saturated carbocycles. The second-order valence-corrected chi connectivity index (χ2v) is 14.4. The molecule has 0 spiro atoms. The number of hydrogen-bond donors (Lipinski definition) is 4. The molecular weight excluding hydrogens is 748 g/mol. The van der Waals surface area contributed by atoms with Gasteiger partial charge in [-0.2, -0.15) is 0 Å². The van der Waals surface area contributed by atoms with E-state index in [9.17, 15) is 29.4 Å². The van der Waals surface area contributed by atoms with E-state index in [-0.39, 0.29) is 34.1 Å². The number of methoxy groups -OCH3 is 3. The van der Waals surface area contributed by atoms with Crippen molar-refractivity contribution in [3.05, 3.63) is 81.6 Å². The van der Waals surface area contributed by atoms with E-state index in [1.54, 1.807) is 31.2 Å². The van der Waals surface area contributed by atoms with Gasteiger partial charge in [0, 0.05) is 45.3 Å². The Labute approximate surface area is 331 Å². The summed E-state index contributed by atoms with van der Waals surface area (Å²) in [4.78, 5) is 56.8. The molecule has 0 radical (unpaired) electrons. The molecule has 0 unspecified atom stereocenters. The summed E-state index contributed by atoms with van der Waals surface area (Å²) in [5, 5.41) is 26.1. The normalized spacial score (nSPS) is 26.9. The number of anilines is 2. The number of benzene rings is 2. The van der Waals surface area contributed by atoms with Crippen molar-refractivity contribution < 1.29 is 53.1 Å². The van der Waals surface area contributed by atoms with Gasteiger partial charge in [-0.05, 0) is 62.6 Å². The molecule has 0 aromatic heterocycles. The summed E-state index contributed by atoms with van der Waals surface area (Å²) in [7, 11) is 7.13. The minimum absolute atomic E-state index is 0.0606. The van der Waals surface area contributed by atoms with E-state index in [1.807, 2.05) is 13.0 Å². The maximum Gasteiger partial charge on any atom is 0.409 e. The highest BCUT2D eigenvalue weighted by molar-refractivity contribution is 6.35. The zero-order chi connectivity index (χ0) is 41.6. The number of carbonyl (C=O) groups excluding carboxylic acids is 4. The molecule has 0 aliphatic carbocycles. The Morgan fingerprint density at radius 2 is 1.79 bits per heavy atom. The first-order valence-corrected chi connectivity index (χ1v) is 18.2. The van der Waals surface area contributed by atoms with Gasteiger partial charge in [0.05, 0.1) is 38.0 Å². The quantitative estimate of drug-likeness (QED) is 0.226. The van der Waals surface area contributed by atoms with Crippen LogP contribution in [0.15, 0.2) is 65.5 Å². The van der Waals surface area contributed by atoms with Gasteiger partial charge >= 0.3 is 12.1 Å². The van der Waals surface area contributed by atoms with Crippen molar-refractivity contribution in [2.45, 2.75) is 77.0 Å². The van der Waals surface area contributed by atoms with Gasteiger partial charge in [-0.15, -0.1) is 0 Å². The largest absolute Gasteiger partial charge is 0.496 e. The van der Waals surface area contributed by atoms with Crippen LogP contribution >= 0.6 is 11.6 Å². The molecule has 6 atom stereocenters. The molecule has 1 saturated heterocycles. The number of amides is 3. The lowest BCUT2D eigenvalue weighted by Crippen LogP contribution is -2.63. The molecule has 2 aliphatic rings. The van der Waals surface area contributed by atoms with Crippen molar-refractivity contribution >= 4 is 46.9 Å². The second kappa shape index (κ2) is 18.2. The zero-order valence-electron chi connectivity index (χ0n) is 33.0. The van der Waals surface area contributed by atoms with Crippen molar-refractivity contribution in [1.82, 2.24) is 10.2 Å². The van der Waals surface area contributed by atoms with Crippen LogP contribution in [0.1, 0.15) is 56.5 Å². The molecule has 56 heavy (non-hydrogen) atoms. The standard InChI is InChI=1S/C40H51ClN4O11/c1-21-11-10-12-33(54-9)40(51)20-32(56-39(50)43-40)23(3)36(47)22(2)29(19-34(46)45(6)28-16-25(15-21)17-31(53-8)35(28)41)55-38(49)24(4)44(5)37(48)27-14-13-26(42)18-30(27)52-7/h10-14,16-18,23-24,32-33,36,47,51H,15,19-20,42H2,1-9H3,(H,43,50)/b12-10+,21-11+,29-22-/t23-,24+,32+,33-,36-,40+/m1/s1. The Morgan fingerprint density at radius 1 is 1.11 bits per heavy atom. The van der Waals surface area contributed by atoms with Gasteiger partial charge in [-0.25, -0.2) is 9.59 Å². The number of carbonyl (C=O) groups is 4. The number of likely N-dealkylation sites (N-methyl/N-ethyl adjacent to an activating group) is 1. The van der Waals surface area contributed by atoms with Gasteiger partial charge in [0.25, 0.3) is 5.91 Å². The third-order valence-corrected chi connectivity index (χ3v) is 10.6. The van der Waals surface area contributed by atoms with E-state index >= 15 is 0 Å². The van der Waals surface area contributed by atoms with Crippen LogP contribution < -0.4 is 25.4 Å². The lowest BCUT2D eigenvalue weighted by atomic mass is 9.85. The predicted molar refractivity (Wildman–Crippen MR) is 209 cm³/mol. The average Bonchev–Trinajstić information content (AvgIpc) is 3.16. The van der Waals surface area contributed by atoms with Crippen molar-refractivity contribution in [2.75, 3.05) is 46.1 Å². The molecule has 2 aromatic carbocycles. The Hall–Kier alpha value is -5.09. The number of allylic oxidation sites excluding steroid dienone is 3. The maximum absolute atomic E-state index is 14.1. The van der Waals surface area contributed by atoms with Gasteiger partial charge in [-0.3, -0.25) is 14.9 Å². The monoisotopic (exact) mass is 798 g/mol. The highest BCUT2D eigenvalue weighted by Gasteiger charge is 2.47. The number of nitrogens with zero attached hydrogens (tertiary/aromatic N) is 2. The van der Waals surface area contributed by atoms with Crippen LogP contribution in [0.25, 0.3) is 0 Å². The van der Waals surface area contributed by atoms with Gasteiger partial charge < -0.3 is 49.4 Å². The molecule has 16 heteroatoms. The Morgan fingerprint density at radius 3 is 2.43 bits per heavy atom. The molecule has 2 heterocycles. The van der Waals surface area contributed by atoms with Crippen LogP contribution in [0.3, 0.4) is 0 Å². The second-order valence-electron chi connectivity index (χ2n) is 14.1. The number of esters is 1. The summed E-state index contributed by atoms with van der Waals surface area (Å²) in [6.07, 6.45) is 0.281. The summed E-state index contributed by atoms with van der Waals surface area (Å²) in [6, 6.07) is 6.77. The third kappa shape index (κ3) is 9.64. The van der Waals surface area contributed by atoms with Crippen molar-refractivity contribution in [3.8, 4) is 11.5 Å². The van der Waals surface area contributed by atoms with Crippen LogP contribution in [0.5, 0.6) is 11.5 Å². The number of hydrogen-bond acceptors (Lipinski definition) is 12. The predicted octanol–water partition coefficient (Wildman–Crippen LogP) is 4.53. The number of alkyl carbamates (subject to hydrolysis) is 1. The first-order valence-electron chi connectivity index (χ1n) is 17.9. The highest BCUT2D eigenvalue weighted by Crippen LogP contribution is 2.38. The number of ether oxygens (including phenoxy) is 5. The molecular formula is C40H51ClN4O11. The minimum atomic E-state index is -1.94. The highest BCUT2D eigenvalue weighted by atomic mass is 35.5. The molecule has 1 fully saturated rings. The first-order chi connectivity index (χ1) is 26.3. The van der Waals surface area contributed by atoms with E-state index in [0.29, 0.717) is 23.5 Å². The Kier molecular flexibility index (Phi) is 14.2. The SMILES string of the molecule is COc1cc(N)ccc1C(=O)N(C)[C@@H](C)C(=O)O/C1=C(/C)[C@@H](O)[C@H](C)[C@@H]2C[C@@](O)(NC(=O)O2)[C@H](OC)/C=C/C=C(\C)Cc2cc(OC)c(Cl)c(c2)N(C)C(=O)C1. The molecule has 2 aliphatic heterocycles. The molecule has 4 rings (SSSR count). The van der Waals surface area contributed by atoms with E-state index < -0.39 is 66.3 Å². The molecule has 304 valence electrons. The molecule has 2 aromatic rings. The topological polar surface area (TPSA) is 199 Å². The van der Waals surface area contributed by atoms with Gasteiger partial charge in [-0.1, -0.05) is 42.3 Å². The first kappa shape index (κ1) is 43.6. The summed E-state index contributed by atoms with van der Waals surface area (Å²) in [5.74, 6) is -2.66. The van der Waals surface area contributed by atoms with Gasteiger partial charge in [0.15, 0.2) is 5.72 Å². The number of aliphatic hydroxyl groups excluding tert-OH is 1. The van der Waals surface area contributed by atoms with E-state index in [4.69, 9.17) is 41.0 Å². The van der Waals surface area contributed by atoms with Crippen molar-refractivity contribution in [1.29, 1.82) is 0 Å². The summed E-state index contributed by atoms with van der Waals surface area (Å²) >= 11 is 6.73. The number of nitrogens with one attached hydrogen (secondary N) is 1. The van der Waals surface area contributed by atoms with Crippen molar-refractivity contribution in [3.63, 3.8) is 0 Å². The average molecular weight is 799 g/mol. The molecule has 15 nitrogen and oxygen atoms in total. The summed E-state index contributed by atoms with van der Waals surface area (Å²) < 4.78 is 27.9. The fourth-order valence-electron chi connectivity index (χ4n) is 6.52. The van der Waals surface area contributed by atoms with Gasteiger partial charge in [0.2, 0.25) is 5.91 Å². The lowest BCUT2D eigenvalue weighted by Gasteiger charge is -2.42. The lowest BCUT2D eigenvalue weighted by molar-refractivity contribution is -0.146. The molecule has 3 amide bonds. The third-order valence-electron chi connectivity index (χ3n) is 10.2. The number of nitrogen functional groups attached to an aromatic ring is 1. The van der Waals surface area contributed by atoms with Crippen LogP contribution in [0, 0.1) is 5.92 Å². The van der Waals surface area contributed by atoms with Gasteiger partial charge in [0.1, 0.15) is 40.5 Å². The van der Waals surface area contributed by atoms with Crippen LogP contribution in [0.2, 0.25) is 5.02 Å². The number of nitrogens with two attached hydrogens (primary N) is 1. The Bertz CT molecular complexity index is 1930. The smallest absolute Gasteiger partial charge is 0.409 e. The number of aliphatic hydroxyl groups is 2. The summed E-state index contributed by atoms with van der Waals surface area (Å²) in [5.41, 5.74) is 6.46. The molecule has 4 bridgehead atoms. The minimum Gasteiger partial charge on any atom is -0.496 e.